The van der Waals surface area contributed by atoms with Crippen LogP contribution in [0, 0.1) is 11.8 Å². The maximum absolute atomic E-state index is 13.5. The van der Waals surface area contributed by atoms with Gasteiger partial charge in [-0.1, -0.05) is 12.1 Å². The number of hydrogen-bond donors (Lipinski definition) is 1. The number of carboxylic acids is 1. The lowest BCUT2D eigenvalue weighted by atomic mass is 9.91. The minimum absolute atomic E-state index is 0.00879. The van der Waals surface area contributed by atoms with E-state index in [1.54, 1.807) is 11.0 Å². The largest absolute Gasteiger partial charge is 0.493 e. The normalized spacial score (nSPS) is 19.0. The van der Waals surface area contributed by atoms with E-state index in [-0.39, 0.29) is 18.3 Å². The maximum Gasteiger partial charge on any atom is 0.416 e. The number of carbonyl (C=O) groups is 1. The molecule has 196 valence electrons. The number of nitrogens with zero attached hydrogens (tertiary/aromatic N) is 1. The minimum atomic E-state index is -4.76. The summed E-state index contributed by atoms with van der Waals surface area (Å²) >= 11 is 0. The third-order valence-corrected chi connectivity index (χ3v) is 7.03. The van der Waals surface area contributed by atoms with Crippen LogP contribution in [0.1, 0.15) is 60.4 Å². The van der Waals surface area contributed by atoms with Crippen LogP contribution in [0.2, 0.25) is 0 Å². The Kier molecular flexibility index (Phi) is 7.28. The van der Waals surface area contributed by atoms with Gasteiger partial charge in [0.15, 0.2) is 0 Å². The summed E-state index contributed by atoms with van der Waals surface area (Å²) in [6.07, 6.45) is -7.44. The Labute approximate surface area is 204 Å². The fourth-order valence-corrected chi connectivity index (χ4v) is 4.86. The van der Waals surface area contributed by atoms with Gasteiger partial charge in [0, 0.05) is 25.0 Å². The molecule has 0 amide bonds. The van der Waals surface area contributed by atoms with Crippen LogP contribution in [0.25, 0.3) is 0 Å². The fourth-order valence-electron chi connectivity index (χ4n) is 4.86. The lowest BCUT2D eigenvalue weighted by molar-refractivity contribution is -0.142. The Balaban J connectivity index is 1.37. The number of likely N-dealkylation sites (tertiary alicyclic amines) is 1. The van der Waals surface area contributed by atoms with E-state index in [2.05, 4.69) is 0 Å². The van der Waals surface area contributed by atoms with Crippen molar-refractivity contribution in [2.45, 2.75) is 50.5 Å². The van der Waals surface area contributed by atoms with E-state index < -0.39 is 41.1 Å². The SMILES string of the molecule is CC(c1cc(C(F)(F)F)ccc1C(F)(F)F)N1CC(COc2cccc([C@@H](CC(=O)O)C3CC3)c2)C1. The third kappa shape index (κ3) is 6.14. The second kappa shape index (κ2) is 9.95. The number of rotatable bonds is 9. The zero-order valence-corrected chi connectivity index (χ0v) is 19.6. The smallest absolute Gasteiger partial charge is 0.416 e. The quantitative estimate of drug-likeness (QED) is 0.375. The van der Waals surface area contributed by atoms with Gasteiger partial charge in [0.1, 0.15) is 5.75 Å². The molecule has 0 aromatic heterocycles. The van der Waals surface area contributed by atoms with Crippen molar-refractivity contribution in [3.63, 3.8) is 0 Å². The second-order valence-corrected chi connectivity index (χ2v) is 9.72. The average molecular weight is 515 g/mol. The molecule has 1 heterocycles. The summed E-state index contributed by atoms with van der Waals surface area (Å²) in [5.74, 6) is 0.0370. The summed E-state index contributed by atoms with van der Waals surface area (Å²) < 4.78 is 85.7. The molecule has 4 nitrogen and oxygen atoms in total. The molecular formula is C26H27F6NO3. The fraction of sp³-hybridized carbons (Fsp3) is 0.500. The zero-order valence-electron chi connectivity index (χ0n) is 19.6. The molecule has 36 heavy (non-hydrogen) atoms. The highest BCUT2D eigenvalue weighted by molar-refractivity contribution is 5.68. The van der Waals surface area contributed by atoms with Gasteiger partial charge in [0.05, 0.1) is 24.2 Å². The van der Waals surface area contributed by atoms with Crippen molar-refractivity contribution in [3.8, 4) is 5.75 Å². The Morgan fingerprint density at radius 1 is 1.06 bits per heavy atom. The number of benzene rings is 2. The molecule has 0 bridgehead atoms. The lowest BCUT2D eigenvalue weighted by Gasteiger charge is -2.43. The monoisotopic (exact) mass is 515 g/mol. The van der Waals surface area contributed by atoms with E-state index in [1.165, 1.54) is 6.92 Å². The Morgan fingerprint density at radius 3 is 2.33 bits per heavy atom. The highest BCUT2D eigenvalue weighted by atomic mass is 19.4. The van der Waals surface area contributed by atoms with Gasteiger partial charge in [0.2, 0.25) is 0 Å². The van der Waals surface area contributed by atoms with Crippen molar-refractivity contribution >= 4 is 5.97 Å². The first-order chi connectivity index (χ1) is 16.8. The first kappa shape index (κ1) is 26.3. The van der Waals surface area contributed by atoms with Gasteiger partial charge in [-0.05, 0) is 73.1 Å². The van der Waals surface area contributed by atoms with Gasteiger partial charge >= 0.3 is 18.3 Å². The van der Waals surface area contributed by atoms with Crippen LogP contribution < -0.4 is 4.74 Å². The highest BCUT2D eigenvalue weighted by Crippen LogP contribution is 2.45. The van der Waals surface area contributed by atoms with Gasteiger partial charge in [-0.25, -0.2) is 0 Å². The van der Waals surface area contributed by atoms with Gasteiger partial charge < -0.3 is 9.84 Å². The molecule has 2 aliphatic rings. The molecule has 1 unspecified atom stereocenters. The molecule has 2 aromatic rings. The highest BCUT2D eigenvalue weighted by Gasteiger charge is 2.41. The standard InChI is InChI=1S/C26H27F6NO3/c1-15(21-10-19(25(27,28)29)7-8-23(21)26(30,31)32)33-12-16(13-33)14-36-20-4-2-3-18(9-20)22(11-24(34)35)17-5-6-17/h2-4,7-10,15-17,22H,5-6,11-14H2,1H3,(H,34,35)/t15?,22-/m0/s1. The predicted molar refractivity (Wildman–Crippen MR) is 120 cm³/mol. The van der Waals surface area contributed by atoms with Crippen LogP contribution in [0.15, 0.2) is 42.5 Å². The molecule has 1 saturated heterocycles. The number of alkyl halides is 6. The molecule has 2 atom stereocenters. The Bertz CT molecular complexity index is 1090. The topological polar surface area (TPSA) is 49.8 Å². The van der Waals surface area contributed by atoms with Crippen molar-refractivity contribution in [2.24, 2.45) is 11.8 Å². The van der Waals surface area contributed by atoms with Gasteiger partial charge in [0.25, 0.3) is 0 Å². The van der Waals surface area contributed by atoms with Crippen LogP contribution in [0.5, 0.6) is 5.75 Å². The molecule has 0 radical (unpaired) electrons. The predicted octanol–water partition coefficient (Wildman–Crippen LogP) is 6.76. The van der Waals surface area contributed by atoms with Crippen molar-refractivity contribution in [1.82, 2.24) is 4.90 Å². The van der Waals surface area contributed by atoms with E-state index in [0.29, 0.717) is 49.6 Å². The number of carboxylic acid groups (broad SMARTS) is 1. The van der Waals surface area contributed by atoms with E-state index in [9.17, 15) is 36.2 Å². The number of aliphatic carboxylic acids is 1. The molecule has 2 aromatic carbocycles. The first-order valence-corrected chi connectivity index (χ1v) is 11.8. The summed E-state index contributed by atoms with van der Waals surface area (Å²) in [6, 6.07) is 8.01. The minimum Gasteiger partial charge on any atom is -0.493 e. The molecule has 0 spiro atoms. The van der Waals surface area contributed by atoms with Crippen molar-refractivity contribution < 1.29 is 41.0 Å². The summed E-state index contributed by atoms with van der Waals surface area (Å²) in [6.45, 7) is 2.55. The molecule has 4 rings (SSSR count). The molecular weight excluding hydrogens is 488 g/mol. The number of ether oxygens (including phenoxy) is 1. The van der Waals surface area contributed by atoms with Crippen molar-refractivity contribution in [1.29, 1.82) is 0 Å². The summed E-state index contributed by atoms with van der Waals surface area (Å²) in [5.41, 5.74) is -1.66. The van der Waals surface area contributed by atoms with Gasteiger partial charge in [-0.3, -0.25) is 9.69 Å². The maximum atomic E-state index is 13.5. The van der Waals surface area contributed by atoms with E-state index >= 15 is 0 Å². The van der Waals surface area contributed by atoms with Crippen LogP contribution in [0.4, 0.5) is 26.3 Å². The van der Waals surface area contributed by atoms with Crippen molar-refractivity contribution in [3.05, 3.63) is 64.7 Å². The van der Waals surface area contributed by atoms with Crippen LogP contribution >= 0.6 is 0 Å². The van der Waals surface area contributed by atoms with E-state index in [4.69, 9.17) is 4.74 Å². The molecule has 1 N–H and O–H groups in total. The zero-order chi connectivity index (χ0) is 26.3. The van der Waals surface area contributed by atoms with E-state index in [1.807, 2.05) is 18.2 Å². The summed E-state index contributed by atoms with van der Waals surface area (Å²) in [7, 11) is 0. The average Bonchev–Trinajstić information content (AvgIpc) is 3.60. The Morgan fingerprint density at radius 2 is 1.75 bits per heavy atom. The molecule has 1 saturated carbocycles. The van der Waals surface area contributed by atoms with E-state index in [0.717, 1.165) is 18.4 Å². The second-order valence-electron chi connectivity index (χ2n) is 9.72. The van der Waals surface area contributed by atoms with Gasteiger partial charge in [-0.15, -0.1) is 0 Å². The Hall–Kier alpha value is -2.75. The van der Waals surface area contributed by atoms with Crippen LogP contribution in [0.3, 0.4) is 0 Å². The number of hydrogen-bond acceptors (Lipinski definition) is 3. The van der Waals surface area contributed by atoms with Crippen LogP contribution in [-0.4, -0.2) is 35.7 Å². The molecule has 1 aliphatic heterocycles. The van der Waals surface area contributed by atoms with Gasteiger partial charge in [-0.2, -0.15) is 26.3 Å². The van der Waals surface area contributed by atoms with Crippen molar-refractivity contribution in [2.75, 3.05) is 19.7 Å². The molecule has 10 heteroatoms. The first-order valence-electron chi connectivity index (χ1n) is 11.8. The molecule has 2 fully saturated rings. The molecule has 1 aliphatic carbocycles. The number of halogens is 6. The lowest BCUT2D eigenvalue weighted by Crippen LogP contribution is -2.50. The summed E-state index contributed by atoms with van der Waals surface area (Å²) in [4.78, 5) is 12.9. The summed E-state index contributed by atoms with van der Waals surface area (Å²) in [5, 5.41) is 9.22. The third-order valence-electron chi connectivity index (χ3n) is 7.03. The van der Waals surface area contributed by atoms with Crippen LogP contribution in [-0.2, 0) is 17.1 Å².